The SMILES string of the molecule is COc1ccc(C(=O)N2CCN(C(=O)c3sc(NC(=O)c4ccco4)cc3C)CC2)c(OC)c1. The average Bonchev–Trinajstić information content (AvgIpc) is 3.53. The Bertz CT molecular complexity index is 1200. The fourth-order valence-electron chi connectivity index (χ4n) is 3.74. The van der Waals surface area contributed by atoms with Gasteiger partial charge in [0.1, 0.15) is 11.5 Å². The van der Waals surface area contributed by atoms with Crippen LogP contribution in [0, 0.1) is 6.92 Å². The summed E-state index contributed by atoms with van der Waals surface area (Å²) in [7, 11) is 3.06. The molecule has 0 radical (unpaired) electrons. The molecule has 1 saturated heterocycles. The standard InChI is InChI=1S/C24H25N3O6S/c1-15-13-20(25-22(28)18-5-4-12-33-18)34-21(15)24(30)27-10-8-26(9-11-27)23(29)17-7-6-16(31-2)14-19(17)32-3/h4-7,12-14H,8-11H2,1-3H3,(H,25,28). The van der Waals surface area contributed by atoms with Gasteiger partial charge in [0.2, 0.25) is 0 Å². The van der Waals surface area contributed by atoms with E-state index in [-0.39, 0.29) is 23.5 Å². The van der Waals surface area contributed by atoms with E-state index in [2.05, 4.69) is 5.32 Å². The maximum absolute atomic E-state index is 13.1. The van der Waals surface area contributed by atoms with Crippen LogP contribution in [0.2, 0.25) is 0 Å². The number of thiophene rings is 1. The molecule has 3 heterocycles. The molecule has 0 bridgehead atoms. The molecule has 1 N–H and O–H groups in total. The summed E-state index contributed by atoms with van der Waals surface area (Å²) in [5.41, 5.74) is 1.24. The minimum Gasteiger partial charge on any atom is -0.497 e. The number of piperazine rings is 1. The number of benzene rings is 1. The average molecular weight is 484 g/mol. The van der Waals surface area contributed by atoms with Gasteiger partial charge in [-0.1, -0.05) is 0 Å². The van der Waals surface area contributed by atoms with E-state index in [0.717, 1.165) is 5.56 Å². The number of nitrogens with one attached hydrogen (secondary N) is 1. The Morgan fingerprint density at radius 3 is 2.29 bits per heavy atom. The molecule has 2 aromatic heterocycles. The van der Waals surface area contributed by atoms with Gasteiger partial charge in [0.15, 0.2) is 5.76 Å². The smallest absolute Gasteiger partial charge is 0.291 e. The zero-order chi connectivity index (χ0) is 24.2. The van der Waals surface area contributed by atoms with Crippen molar-refractivity contribution in [1.29, 1.82) is 0 Å². The Kier molecular flexibility index (Phi) is 6.87. The van der Waals surface area contributed by atoms with Crippen LogP contribution in [0.3, 0.4) is 0 Å². The van der Waals surface area contributed by atoms with E-state index in [1.165, 1.54) is 24.7 Å². The molecular weight excluding hydrogens is 458 g/mol. The van der Waals surface area contributed by atoms with Crippen LogP contribution < -0.4 is 14.8 Å². The van der Waals surface area contributed by atoms with Gasteiger partial charge in [-0.05, 0) is 42.8 Å². The van der Waals surface area contributed by atoms with Gasteiger partial charge in [-0.15, -0.1) is 11.3 Å². The lowest BCUT2D eigenvalue weighted by atomic mass is 10.1. The molecule has 0 aliphatic carbocycles. The van der Waals surface area contributed by atoms with Crippen LogP contribution in [0.1, 0.15) is 36.1 Å². The number of carbonyl (C=O) groups is 3. The van der Waals surface area contributed by atoms with Gasteiger partial charge in [-0.3, -0.25) is 14.4 Å². The molecule has 0 spiro atoms. The summed E-state index contributed by atoms with van der Waals surface area (Å²) in [6.07, 6.45) is 1.43. The molecular formula is C24H25N3O6S. The maximum atomic E-state index is 13.1. The van der Waals surface area contributed by atoms with Gasteiger partial charge < -0.3 is 29.0 Å². The Morgan fingerprint density at radius 2 is 1.68 bits per heavy atom. The topological polar surface area (TPSA) is 101 Å². The lowest BCUT2D eigenvalue weighted by Crippen LogP contribution is -2.50. The van der Waals surface area contributed by atoms with Gasteiger partial charge in [-0.2, -0.15) is 0 Å². The first-order chi connectivity index (χ1) is 16.4. The third-order valence-corrected chi connectivity index (χ3v) is 6.73. The Hall–Kier alpha value is -3.79. The number of carbonyl (C=O) groups excluding carboxylic acids is 3. The molecule has 0 unspecified atom stereocenters. The van der Waals surface area contributed by atoms with Gasteiger partial charge in [0, 0.05) is 32.2 Å². The van der Waals surface area contributed by atoms with E-state index in [1.807, 2.05) is 6.92 Å². The zero-order valence-corrected chi connectivity index (χ0v) is 19.9. The van der Waals surface area contributed by atoms with Crippen LogP contribution in [0.15, 0.2) is 47.1 Å². The Labute approximate surface area is 200 Å². The van der Waals surface area contributed by atoms with Crippen molar-refractivity contribution in [2.75, 3.05) is 45.7 Å². The molecule has 178 valence electrons. The van der Waals surface area contributed by atoms with Gasteiger partial charge in [0.25, 0.3) is 17.7 Å². The van der Waals surface area contributed by atoms with Crippen molar-refractivity contribution in [3.63, 3.8) is 0 Å². The van der Waals surface area contributed by atoms with Crippen molar-refractivity contribution in [2.45, 2.75) is 6.92 Å². The van der Waals surface area contributed by atoms with Crippen molar-refractivity contribution in [3.8, 4) is 11.5 Å². The molecule has 1 aliphatic heterocycles. The largest absolute Gasteiger partial charge is 0.497 e. The highest BCUT2D eigenvalue weighted by Gasteiger charge is 2.28. The van der Waals surface area contributed by atoms with Crippen molar-refractivity contribution in [2.24, 2.45) is 0 Å². The normalized spacial score (nSPS) is 13.5. The first kappa shape index (κ1) is 23.4. The summed E-state index contributed by atoms with van der Waals surface area (Å²) in [5.74, 6) is 0.618. The first-order valence-corrected chi connectivity index (χ1v) is 11.5. The van der Waals surface area contributed by atoms with E-state index < -0.39 is 0 Å². The first-order valence-electron chi connectivity index (χ1n) is 10.7. The van der Waals surface area contributed by atoms with Crippen molar-refractivity contribution >= 4 is 34.1 Å². The zero-order valence-electron chi connectivity index (χ0n) is 19.1. The third kappa shape index (κ3) is 4.76. The molecule has 10 heteroatoms. The summed E-state index contributed by atoms with van der Waals surface area (Å²) in [4.78, 5) is 42.4. The molecule has 3 aromatic rings. The van der Waals surface area contributed by atoms with E-state index in [1.54, 1.807) is 53.3 Å². The molecule has 0 saturated carbocycles. The molecule has 34 heavy (non-hydrogen) atoms. The number of furan rings is 1. The molecule has 0 atom stereocenters. The summed E-state index contributed by atoms with van der Waals surface area (Å²) in [6, 6.07) is 10.1. The van der Waals surface area contributed by atoms with Gasteiger partial charge in [0.05, 0.1) is 35.9 Å². The fourth-order valence-corrected chi connectivity index (χ4v) is 4.77. The minimum absolute atomic E-state index is 0.116. The quantitative estimate of drug-likeness (QED) is 0.576. The van der Waals surface area contributed by atoms with E-state index in [0.29, 0.717) is 53.1 Å². The number of aryl methyl sites for hydroxylation is 1. The highest BCUT2D eigenvalue weighted by molar-refractivity contribution is 7.18. The molecule has 1 aromatic carbocycles. The summed E-state index contributed by atoms with van der Waals surface area (Å²) in [5, 5.41) is 3.34. The van der Waals surface area contributed by atoms with Crippen LogP contribution in [0.25, 0.3) is 0 Å². The molecule has 9 nitrogen and oxygen atoms in total. The lowest BCUT2D eigenvalue weighted by molar-refractivity contribution is 0.0536. The number of anilines is 1. The second-order valence-corrected chi connectivity index (χ2v) is 8.76. The monoisotopic (exact) mass is 483 g/mol. The maximum Gasteiger partial charge on any atom is 0.291 e. The van der Waals surface area contributed by atoms with Gasteiger partial charge >= 0.3 is 0 Å². The lowest BCUT2D eigenvalue weighted by Gasteiger charge is -2.35. The van der Waals surface area contributed by atoms with Gasteiger partial charge in [-0.25, -0.2) is 0 Å². The molecule has 4 rings (SSSR count). The Morgan fingerprint density at radius 1 is 0.971 bits per heavy atom. The van der Waals surface area contributed by atoms with Crippen LogP contribution >= 0.6 is 11.3 Å². The number of hydrogen-bond donors (Lipinski definition) is 1. The molecule has 1 aliphatic rings. The van der Waals surface area contributed by atoms with Crippen molar-refractivity contribution < 1.29 is 28.3 Å². The number of rotatable bonds is 6. The van der Waals surface area contributed by atoms with Crippen molar-refractivity contribution in [1.82, 2.24) is 9.80 Å². The molecule has 1 fully saturated rings. The number of hydrogen-bond acceptors (Lipinski definition) is 7. The van der Waals surface area contributed by atoms with E-state index in [9.17, 15) is 14.4 Å². The number of amides is 3. The highest BCUT2D eigenvalue weighted by atomic mass is 32.1. The third-order valence-electron chi connectivity index (χ3n) is 5.59. The second-order valence-electron chi connectivity index (χ2n) is 7.70. The minimum atomic E-state index is -0.369. The fraction of sp³-hybridized carbons (Fsp3) is 0.292. The van der Waals surface area contributed by atoms with Crippen molar-refractivity contribution in [3.05, 3.63) is 64.4 Å². The summed E-state index contributed by atoms with van der Waals surface area (Å²) < 4.78 is 15.7. The number of nitrogens with zero attached hydrogens (tertiary/aromatic N) is 2. The number of ether oxygens (including phenoxy) is 2. The Balaban J connectivity index is 1.39. The molecule has 3 amide bonds. The highest BCUT2D eigenvalue weighted by Crippen LogP contribution is 2.29. The van der Waals surface area contributed by atoms with Crippen LogP contribution in [0.4, 0.5) is 5.00 Å². The van der Waals surface area contributed by atoms with Crippen LogP contribution in [-0.4, -0.2) is 67.9 Å². The van der Waals surface area contributed by atoms with Crippen LogP contribution in [-0.2, 0) is 0 Å². The second kappa shape index (κ2) is 10.0. The number of methoxy groups -OCH3 is 2. The predicted octanol–water partition coefficient (Wildman–Crippen LogP) is 3.52. The predicted molar refractivity (Wildman–Crippen MR) is 127 cm³/mol. The van der Waals surface area contributed by atoms with Crippen LogP contribution in [0.5, 0.6) is 11.5 Å². The summed E-state index contributed by atoms with van der Waals surface area (Å²) >= 11 is 1.23. The van der Waals surface area contributed by atoms with E-state index >= 15 is 0 Å². The van der Waals surface area contributed by atoms with E-state index in [4.69, 9.17) is 13.9 Å². The summed E-state index contributed by atoms with van der Waals surface area (Å²) in [6.45, 7) is 3.48.